The third-order valence-electron chi connectivity index (χ3n) is 4.53. The third-order valence-corrected chi connectivity index (χ3v) is 5.65. The van der Waals surface area contributed by atoms with Crippen LogP contribution in [0.3, 0.4) is 0 Å². The molecule has 0 saturated carbocycles. The van der Waals surface area contributed by atoms with Gasteiger partial charge in [0.25, 0.3) is 0 Å². The number of likely N-dealkylation sites (tertiary alicyclic amines) is 1. The van der Waals surface area contributed by atoms with Crippen LogP contribution in [0.5, 0.6) is 0 Å². The van der Waals surface area contributed by atoms with Gasteiger partial charge in [0.1, 0.15) is 0 Å². The molecule has 1 aromatic carbocycles. The SMILES string of the molecule is CS(=O)(=O)NC1CCN(C2CCc3c(Cl)cccc32)CC1. The Kier molecular flexibility index (Phi) is 4.28. The van der Waals surface area contributed by atoms with Gasteiger partial charge < -0.3 is 0 Å². The Hall–Kier alpha value is -0.620. The standard InChI is InChI=1S/C15H21ClN2O2S/c1-21(19,20)17-11-7-9-18(10-8-11)15-6-5-12-13(15)3-2-4-14(12)16/h2-4,11,15,17H,5-10H2,1H3. The zero-order valence-electron chi connectivity index (χ0n) is 12.2. The normalized spacial score (nSPS) is 24.2. The summed E-state index contributed by atoms with van der Waals surface area (Å²) in [6.07, 6.45) is 5.14. The summed E-state index contributed by atoms with van der Waals surface area (Å²) in [5.74, 6) is 0. The van der Waals surface area contributed by atoms with Crippen molar-refractivity contribution in [1.82, 2.24) is 9.62 Å². The molecule has 0 radical (unpaired) electrons. The van der Waals surface area contributed by atoms with Gasteiger partial charge in [-0.1, -0.05) is 23.7 Å². The lowest BCUT2D eigenvalue weighted by Gasteiger charge is -2.36. The molecule has 1 N–H and O–H groups in total. The second-order valence-corrected chi connectivity index (χ2v) is 8.25. The van der Waals surface area contributed by atoms with Crippen molar-refractivity contribution < 1.29 is 8.42 Å². The summed E-state index contributed by atoms with van der Waals surface area (Å²) in [5, 5.41) is 0.878. The first-order valence-corrected chi connectivity index (χ1v) is 9.69. The fourth-order valence-electron chi connectivity index (χ4n) is 3.60. The van der Waals surface area contributed by atoms with Crippen molar-refractivity contribution in [2.75, 3.05) is 19.3 Å². The van der Waals surface area contributed by atoms with Crippen LogP contribution in [-0.4, -0.2) is 38.7 Å². The van der Waals surface area contributed by atoms with Crippen LogP contribution in [0.15, 0.2) is 18.2 Å². The van der Waals surface area contributed by atoms with Gasteiger partial charge in [-0.15, -0.1) is 0 Å². The van der Waals surface area contributed by atoms with Crippen molar-refractivity contribution in [3.63, 3.8) is 0 Å². The number of rotatable bonds is 3. The number of hydrogen-bond acceptors (Lipinski definition) is 3. The first-order valence-electron chi connectivity index (χ1n) is 7.43. The maximum atomic E-state index is 11.3. The van der Waals surface area contributed by atoms with E-state index >= 15 is 0 Å². The van der Waals surface area contributed by atoms with Crippen molar-refractivity contribution in [1.29, 1.82) is 0 Å². The summed E-state index contributed by atoms with van der Waals surface area (Å²) in [4.78, 5) is 2.47. The highest BCUT2D eigenvalue weighted by Crippen LogP contribution is 2.39. The van der Waals surface area contributed by atoms with Gasteiger partial charge in [0.05, 0.1) is 6.26 Å². The van der Waals surface area contributed by atoms with Crippen molar-refractivity contribution in [2.24, 2.45) is 0 Å². The van der Waals surface area contributed by atoms with Crippen LogP contribution >= 0.6 is 11.6 Å². The van der Waals surface area contributed by atoms with Crippen LogP contribution in [0.4, 0.5) is 0 Å². The van der Waals surface area contributed by atoms with Crippen LogP contribution in [0, 0.1) is 0 Å². The smallest absolute Gasteiger partial charge is 0.208 e. The van der Waals surface area contributed by atoms with Crippen LogP contribution in [0.2, 0.25) is 5.02 Å². The van der Waals surface area contributed by atoms with E-state index in [1.165, 1.54) is 17.4 Å². The molecule has 0 spiro atoms. The predicted octanol–water partition coefficient (Wildman–Crippen LogP) is 2.34. The van der Waals surface area contributed by atoms with Crippen LogP contribution in [0.1, 0.15) is 36.4 Å². The lowest BCUT2D eigenvalue weighted by atomic mass is 10.0. The Labute approximate surface area is 131 Å². The quantitative estimate of drug-likeness (QED) is 0.926. The van der Waals surface area contributed by atoms with E-state index < -0.39 is 10.0 Å². The molecule has 1 fully saturated rings. The monoisotopic (exact) mass is 328 g/mol. The topological polar surface area (TPSA) is 49.4 Å². The molecule has 3 rings (SSSR count). The Balaban J connectivity index is 1.66. The fraction of sp³-hybridized carbons (Fsp3) is 0.600. The largest absolute Gasteiger partial charge is 0.296 e. The average Bonchev–Trinajstić information content (AvgIpc) is 2.83. The van der Waals surface area contributed by atoms with E-state index in [1.54, 1.807) is 0 Å². The Bertz CT molecular complexity index is 625. The minimum Gasteiger partial charge on any atom is -0.296 e. The zero-order chi connectivity index (χ0) is 15.0. The van der Waals surface area contributed by atoms with E-state index in [-0.39, 0.29) is 6.04 Å². The lowest BCUT2D eigenvalue weighted by molar-refractivity contribution is 0.149. The summed E-state index contributed by atoms with van der Waals surface area (Å²) < 4.78 is 25.3. The van der Waals surface area contributed by atoms with Crippen LogP contribution < -0.4 is 4.72 Å². The first kappa shape index (κ1) is 15.3. The molecule has 0 amide bonds. The van der Waals surface area contributed by atoms with E-state index in [0.717, 1.165) is 43.8 Å². The maximum absolute atomic E-state index is 11.3. The van der Waals surface area contributed by atoms with Crippen LogP contribution in [0.25, 0.3) is 0 Å². The fourth-order valence-corrected chi connectivity index (χ4v) is 4.72. The van der Waals surface area contributed by atoms with Gasteiger partial charge in [-0.3, -0.25) is 4.90 Å². The molecular weight excluding hydrogens is 308 g/mol. The molecular formula is C15H21ClN2O2S. The molecule has 1 saturated heterocycles. The minimum atomic E-state index is -3.10. The van der Waals surface area contributed by atoms with Crippen LogP contribution in [-0.2, 0) is 16.4 Å². The summed E-state index contributed by atoms with van der Waals surface area (Å²) in [7, 11) is -3.10. The van der Waals surface area contributed by atoms with Gasteiger partial charge in [-0.25, -0.2) is 13.1 Å². The number of hydrogen-bond donors (Lipinski definition) is 1. The summed E-state index contributed by atoms with van der Waals surface area (Å²) in [5.41, 5.74) is 2.65. The molecule has 0 bridgehead atoms. The van der Waals surface area contributed by atoms with E-state index in [2.05, 4.69) is 15.7 Å². The summed E-state index contributed by atoms with van der Waals surface area (Å²) >= 11 is 6.27. The highest BCUT2D eigenvalue weighted by Gasteiger charge is 2.32. The zero-order valence-corrected chi connectivity index (χ0v) is 13.8. The second kappa shape index (κ2) is 5.88. The number of fused-ring (bicyclic) bond motifs is 1. The Morgan fingerprint density at radius 1 is 1.24 bits per heavy atom. The molecule has 1 atom stereocenters. The number of benzene rings is 1. The van der Waals surface area contributed by atoms with E-state index in [1.807, 2.05) is 12.1 Å². The van der Waals surface area contributed by atoms with Crippen molar-refractivity contribution >= 4 is 21.6 Å². The summed E-state index contributed by atoms with van der Waals surface area (Å²) in [6, 6.07) is 6.69. The number of halogens is 1. The molecule has 1 unspecified atom stereocenters. The molecule has 1 aliphatic carbocycles. The lowest BCUT2D eigenvalue weighted by Crippen LogP contribution is -2.45. The van der Waals surface area contributed by atoms with E-state index in [4.69, 9.17) is 11.6 Å². The maximum Gasteiger partial charge on any atom is 0.208 e. The van der Waals surface area contributed by atoms with Gasteiger partial charge in [-0.05, 0) is 42.9 Å². The van der Waals surface area contributed by atoms with Crippen molar-refractivity contribution in [2.45, 2.75) is 37.8 Å². The van der Waals surface area contributed by atoms with Gasteiger partial charge in [0.2, 0.25) is 10.0 Å². The average molecular weight is 329 g/mol. The Morgan fingerprint density at radius 3 is 2.62 bits per heavy atom. The molecule has 2 aliphatic rings. The van der Waals surface area contributed by atoms with E-state index in [9.17, 15) is 8.42 Å². The van der Waals surface area contributed by atoms with Crippen molar-refractivity contribution in [3.8, 4) is 0 Å². The summed E-state index contributed by atoms with van der Waals surface area (Å²) in [6.45, 7) is 1.87. The van der Waals surface area contributed by atoms with Crippen molar-refractivity contribution in [3.05, 3.63) is 34.3 Å². The molecule has 6 heteroatoms. The molecule has 4 nitrogen and oxygen atoms in total. The number of nitrogens with one attached hydrogen (secondary N) is 1. The molecule has 21 heavy (non-hydrogen) atoms. The number of sulfonamides is 1. The van der Waals surface area contributed by atoms with E-state index in [0.29, 0.717) is 6.04 Å². The van der Waals surface area contributed by atoms with Gasteiger partial charge in [0, 0.05) is 30.2 Å². The second-order valence-electron chi connectivity index (χ2n) is 6.06. The minimum absolute atomic E-state index is 0.0801. The highest BCUT2D eigenvalue weighted by molar-refractivity contribution is 7.88. The molecule has 1 heterocycles. The molecule has 1 aromatic rings. The van der Waals surface area contributed by atoms with Gasteiger partial charge >= 0.3 is 0 Å². The molecule has 0 aromatic heterocycles. The van der Waals surface area contributed by atoms with Gasteiger partial charge in [0.15, 0.2) is 0 Å². The molecule has 116 valence electrons. The third kappa shape index (κ3) is 3.42. The number of nitrogens with zero attached hydrogens (tertiary/aromatic N) is 1. The number of piperidine rings is 1. The van der Waals surface area contributed by atoms with Gasteiger partial charge in [-0.2, -0.15) is 0 Å². The predicted molar refractivity (Wildman–Crippen MR) is 85.1 cm³/mol. The molecule has 1 aliphatic heterocycles. The first-order chi connectivity index (χ1) is 9.94. The Morgan fingerprint density at radius 2 is 1.95 bits per heavy atom. The highest BCUT2D eigenvalue weighted by atomic mass is 35.5.